The lowest BCUT2D eigenvalue weighted by atomic mass is 9.93. The maximum Gasteiger partial charge on any atom is 0.236 e. The molecule has 1 saturated carbocycles. The number of amides is 1. The Balaban J connectivity index is 1.56. The lowest BCUT2D eigenvalue weighted by Gasteiger charge is -2.42. The molecule has 1 aliphatic carbocycles. The molecule has 0 bridgehead atoms. The van der Waals surface area contributed by atoms with Crippen molar-refractivity contribution in [2.24, 2.45) is 0 Å². The van der Waals surface area contributed by atoms with Crippen LogP contribution in [0.4, 0.5) is 4.39 Å². The van der Waals surface area contributed by atoms with Gasteiger partial charge in [-0.05, 0) is 37.0 Å². The first-order chi connectivity index (χ1) is 10.6. The Labute approximate surface area is 132 Å². The van der Waals surface area contributed by atoms with E-state index in [-0.39, 0.29) is 17.8 Å². The summed E-state index contributed by atoms with van der Waals surface area (Å²) < 4.78 is 13.0. The van der Waals surface area contributed by atoms with Crippen molar-refractivity contribution in [2.45, 2.75) is 50.6 Å². The Morgan fingerprint density at radius 2 is 1.86 bits per heavy atom. The molecule has 3 nitrogen and oxygen atoms in total. The smallest absolute Gasteiger partial charge is 0.236 e. The molecule has 1 aromatic carbocycles. The van der Waals surface area contributed by atoms with Crippen molar-refractivity contribution in [1.82, 2.24) is 9.80 Å². The molecule has 3 rings (SSSR count). The van der Waals surface area contributed by atoms with E-state index in [4.69, 9.17) is 0 Å². The van der Waals surface area contributed by atoms with Gasteiger partial charge in [-0.25, -0.2) is 4.39 Å². The van der Waals surface area contributed by atoms with Crippen LogP contribution in [0.15, 0.2) is 24.3 Å². The molecule has 0 radical (unpaired) electrons. The first-order valence-corrected chi connectivity index (χ1v) is 8.40. The molecule has 1 aliphatic heterocycles. The molecule has 1 saturated heterocycles. The third-order valence-electron chi connectivity index (χ3n) is 5.24. The van der Waals surface area contributed by atoms with Gasteiger partial charge in [-0.3, -0.25) is 9.69 Å². The van der Waals surface area contributed by atoms with Crippen LogP contribution in [0.2, 0.25) is 0 Å². The topological polar surface area (TPSA) is 23.6 Å². The summed E-state index contributed by atoms with van der Waals surface area (Å²) in [5, 5.41) is 0. The summed E-state index contributed by atoms with van der Waals surface area (Å²) in [6, 6.07) is 7.36. The predicted molar refractivity (Wildman–Crippen MR) is 85.0 cm³/mol. The second-order valence-electron chi connectivity index (χ2n) is 6.62. The maximum absolute atomic E-state index is 13.0. The van der Waals surface area contributed by atoms with Crippen molar-refractivity contribution in [3.63, 3.8) is 0 Å². The molecule has 2 fully saturated rings. The summed E-state index contributed by atoms with van der Waals surface area (Å²) in [5.74, 6) is 0.0152. The van der Waals surface area contributed by atoms with E-state index < -0.39 is 0 Å². The molecule has 0 spiro atoms. The van der Waals surface area contributed by atoms with Gasteiger partial charge in [0.2, 0.25) is 5.91 Å². The molecular formula is C18H25FN2O. The van der Waals surface area contributed by atoms with Gasteiger partial charge in [0.15, 0.2) is 0 Å². The summed E-state index contributed by atoms with van der Waals surface area (Å²) >= 11 is 0. The Morgan fingerprint density at radius 1 is 1.18 bits per heavy atom. The molecule has 0 N–H and O–H groups in total. The van der Waals surface area contributed by atoms with Crippen molar-refractivity contribution >= 4 is 5.91 Å². The molecule has 1 heterocycles. The number of likely N-dealkylation sites (tertiary alicyclic amines) is 1. The van der Waals surface area contributed by atoms with Crippen LogP contribution in [0.3, 0.4) is 0 Å². The highest BCUT2D eigenvalue weighted by molar-refractivity contribution is 5.78. The Kier molecular flexibility index (Phi) is 4.77. The quantitative estimate of drug-likeness (QED) is 0.851. The van der Waals surface area contributed by atoms with Gasteiger partial charge in [-0.1, -0.05) is 31.4 Å². The molecule has 0 unspecified atom stereocenters. The van der Waals surface area contributed by atoms with Gasteiger partial charge < -0.3 is 4.90 Å². The van der Waals surface area contributed by atoms with E-state index in [0.717, 1.165) is 31.4 Å². The van der Waals surface area contributed by atoms with Crippen molar-refractivity contribution in [3.05, 3.63) is 35.6 Å². The van der Waals surface area contributed by atoms with E-state index in [9.17, 15) is 9.18 Å². The van der Waals surface area contributed by atoms with E-state index >= 15 is 0 Å². The molecular weight excluding hydrogens is 279 g/mol. The van der Waals surface area contributed by atoms with E-state index in [1.54, 1.807) is 0 Å². The lowest BCUT2D eigenvalue weighted by Crippen LogP contribution is -2.49. The summed E-state index contributed by atoms with van der Waals surface area (Å²) in [7, 11) is 1.95. The van der Waals surface area contributed by atoms with Crippen molar-refractivity contribution in [1.29, 1.82) is 0 Å². The Bertz CT molecular complexity index is 510. The number of hydrogen-bond donors (Lipinski definition) is 0. The molecule has 1 atom stereocenters. The lowest BCUT2D eigenvalue weighted by molar-refractivity contribution is -0.136. The number of carbonyl (C=O) groups is 1. The van der Waals surface area contributed by atoms with Gasteiger partial charge in [-0.15, -0.1) is 0 Å². The van der Waals surface area contributed by atoms with Crippen LogP contribution in [-0.2, 0) is 4.79 Å². The van der Waals surface area contributed by atoms with Gasteiger partial charge in [0.25, 0.3) is 0 Å². The number of rotatable bonds is 4. The van der Waals surface area contributed by atoms with Crippen molar-refractivity contribution < 1.29 is 9.18 Å². The first-order valence-electron chi connectivity index (χ1n) is 8.40. The molecule has 22 heavy (non-hydrogen) atoms. The van der Waals surface area contributed by atoms with E-state index in [2.05, 4.69) is 4.90 Å². The standard InChI is InChI=1S/C18H25FN2O/c1-20(16-5-3-2-4-6-16)18(22)13-21-12-11-17(21)14-7-9-15(19)10-8-14/h7-10,16-17H,2-6,11-13H2,1H3/t17-/m0/s1. The maximum atomic E-state index is 13.0. The average Bonchev–Trinajstić information content (AvgIpc) is 2.53. The number of halogens is 1. The zero-order valence-electron chi connectivity index (χ0n) is 13.3. The molecule has 4 heteroatoms. The molecule has 2 aliphatic rings. The van der Waals surface area contributed by atoms with Gasteiger partial charge in [0, 0.05) is 25.7 Å². The molecule has 1 amide bonds. The highest BCUT2D eigenvalue weighted by Crippen LogP contribution is 2.33. The zero-order valence-corrected chi connectivity index (χ0v) is 13.3. The molecule has 120 valence electrons. The fourth-order valence-corrected chi connectivity index (χ4v) is 3.65. The third-order valence-corrected chi connectivity index (χ3v) is 5.24. The second-order valence-corrected chi connectivity index (χ2v) is 6.62. The Morgan fingerprint density at radius 3 is 2.45 bits per heavy atom. The number of nitrogens with zero attached hydrogens (tertiary/aromatic N) is 2. The third kappa shape index (κ3) is 3.32. The van der Waals surface area contributed by atoms with Crippen molar-refractivity contribution in [2.75, 3.05) is 20.1 Å². The summed E-state index contributed by atoms with van der Waals surface area (Å²) in [4.78, 5) is 16.7. The van der Waals surface area contributed by atoms with E-state index in [1.807, 2.05) is 24.1 Å². The summed E-state index contributed by atoms with van der Waals surface area (Å²) in [6.07, 6.45) is 7.12. The molecule has 0 aromatic heterocycles. The first kappa shape index (κ1) is 15.5. The van der Waals surface area contributed by atoms with Crippen LogP contribution >= 0.6 is 0 Å². The van der Waals surface area contributed by atoms with Gasteiger partial charge >= 0.3 is 0 Å². The van der Waals surface area contributed by atoms with Crippen LogP contribution in [0.5, 0.6) is 0 Å². The normalized spacial score (nSPS) is 23.1. The van der Waals surface area contributed by atoms with Gasteiger partial charge in [0.1, 0.15) is 5.82 Å². The number of benzene rings is 1. The number of hydrogen-bond acceptors (Lipinski definition) is 2. The average molecular weight is 304 g/mol. The number of carbonyl (C=O) groups excluding carboxylic acids is 1. The minimum Gasteiger partial charge on any atom is -0.342 e. The highest BCUT2D eigenvalue weighted by atomic mass is 19.1. The van der Waals surface area contributed by atoms with Crippen molar-refractivity contribution in [3.8, 4) is 0 Å². The summed E-state index contributed by atoms with van der Waals surface area (Å²) in [6.45, 7) is 1.43. The van der Waals surface area contributed by atoms with E-state index in [0.29, 0.717) is 12.6 Å². The second kappa shape index (κ2) is 6.78. The van der Waals surface area contributed by atoms with E-state index in [1.165, 1.54) is 31.4 Å². The van der Waals surface area contributed by atoms with Crippen LogP contribution in [0.1, 0.15) is 50.1 Å². The monoisotopic (exact) mass is 304 g/mol. The fraction of sp³-hybridized carbons (Fsp3) is 0.611. The fourth-order valence-electron chi connectivity index (χ4n) is 3.65. The minimum absolute atomic E-state index is 0.206. The number of likely N-dealkylation sites (N-methyl/N-ethyl adjacent to an activating group) is 1. The van der Waals surface area contributed by atoms with Gasteiger partial charge in [-0.2, -0.15) is 0 Å². The van der Waals surface area contributed by atoms with Crippen LogP contribution in [0, 0.1) is 5.82 Å². The highest BCUT2D eigenvalue weighted by Gasteiger charge is 2.32. The zero-order chi connectivity index (χ0) is 15.5. The van der Waals surface area contributed by atoms with Crippen LogP contribution in [0.25, 0.3) is 0 Å². The largest absolute Gasteiger partial charge is 0.342 e. The van der Waals surface area contributed by atoms with Crippen LogP contribution < -0.4 is 0 Å². The SMILES string of the molecule is CN(C(=O)CN1CC[C@H]1c1ccc(F)cc1)C1CCCCC1. The summed E-state index contributed by atoms with van der Waals surface area (Å²) in [5.41, 5.74) is 1.11. The van der Waals surface area contributed by atoms with Crippen LogP contribution in [-0.4, -0.2) is 41.9 Å². The minimum atomic E-state index is -0.206. The van der Waals surface area contributed by atoms with Gasteiger partial charge in [0.05, 0.1) is 6.54 Å². The Hall–Kier alpha value is -1.42. The predicted octanol–water partition coefficient (Wildman–Crippen LogP) is 3.36. The molecule has 1 aromatic rings.